The number of nitrogens with zero attached hydrogens (tertiary/aromatic N) is 4. The summed E-state index contributed by atoms with van der Waals surface area (Å²) in [5.41, 5.74) is 5.65. The summed E-state index contributed by atoms with van der Waals surface area (Å²) in [4.78, 5) is 55.1. The van der Waals surface area contributed by atoms with E-state index in [1.54, 1.807) is 21.0 Å². The van der Waals surface area contributed by atoms with Crippen LogP contribution in [0.1, 0.15) is 42.1 Å². The summed E-state index contributed by atoms with van der Waals surface area (Å²) in [5.74, 6) is -0.675. The van der Waals surface area contributed by atoms with Crippen LogP contribution in [0.15, 0.2) is 39.9 Å². The highest BCUT2D eigenvalue weighted by atomic mass is 16.2. The molecule has 1 aliphatic rings. The van der Waals surface area contributed by atoms with Crippen molar-refractivity contribution in [1.29, 1.82) is 0 Å². The van der Waals surface area contributed by atoms with Crippen LogP contribution in [0.2, 0.25) is 0 Å². The maximum Gasteiger partial charge on any atom is 0.332 e. The van der Waals surface area contributed by atoms with Crippen LogP contribution in [0.5, 0.6) is 0 Å². The van der Waals surface area contributed by atoms with Gasteiger partial charge in [0.1, 0.15) is 11.4 Å². The standard InChI is InChI=1S/C23H31N5O4/c1-4-27-22(31)19(20(24)28(23(27)32)14-16-10-6-5-7-11-16)18(29)15-26-13-9-8-12-17(26)21(30)25(2)3/h5-7,10-11,17H,4,8-9,12-15,24H2,1-3H3. The Bertz CT molecular complexity index is 1100. The molecule has 9 nitrogen and oxygen atoms in total. The molecule has 3 rings (SSSR count). The number of amides is 1. The molecule has 1 amide bonds. The number of rotatable bonds is 7. The van der Waals surface area contributed by atoms with Crippen molar-refractivity contribution in [3.05, 3.63) is 62.3 Å². The zero-order chi connectivity index (χ0) is 23.4. The molecule has 172 valence electrons. The van der Waals surface area contributed by atoms with Crippen molar-refractivity contribution in [2.24, 2.45) is 0 Å². The van der Waals surface area contributed by atoms with Crippen molar-refractivity contribution in [3.63, 3.8) is 0 Å². The molecule has 9 heteroatoms. The lowest BCUT2D eigenvalue weighted by Gasteiger charge is -2.35. The zero-order valence-electron chi connectivity index (χ0n) is 18.9. The minimum Gasteiger partial charge on any atom is -0.384 e. The number of hydrogen-bond donors (Lipinski definition) is 1. The largest absolute Gasteiger partial charge is 0.384 e. The molecule has 0 spiro atoms. The van der Waals surface area contributed by atoms with E-state index in [4.69, 9.17) is 5.73 Å². The smallest absolute Gasteiger partial charge is 0.332 e. The van der Waals surface area contributed by atoms with Gasteiger partial charge in [0.25, 0.3) is 5.56 Å². The van der Waals surface area contributed by atoms with Crippen LogP contribution in [0, 0.1) is 0 Å². The number of aromatic nitrogens is 2. The van der Waals surface area contributed by atoms with E-state index < -0.39 is 23.1 Å². The molecule has 2 aromatic rings. The molecule has 1 atom stereocenters. The number of Topliss-reactive ketones (excluding diaryl/α,β-unsaturated/α-hetero) is 1. The van der Waals surface area contributed by atoms with Gasteiger partial charge in [0.05, 0.1) is 19.1 Å². The van der Waals surface area contributed by atoms with E-state index in [0.29, 0.717) is 13.0 Å². The van der Waals surface area contributed by atoms with E-state index in [2.05, 4.69) is 0 Å². The normalized spacial score (nSPS) is 16.7. The van der Waals surface area contributed by atoms with Gasteiger partial charge < -0.3 is 10.6 Å². The van der Waals surface area contributed by atoms with Crippen molar-refractivity contribution in [2.45, 2.75) is 45.3 Å². The molecule has 0 aliphatic carbocycles. The number of carbonyl (C=O) groups excluding carboxylic acids is 2. The van der Waals surface area contributed by atoms with Gasteiger partial charge in [-0.05, 0) is 31.9 Å². The van der Waals surface area contributed by atoms with Crippen molar-refractivity contribution in [1.82, 2.24) is 18.9 Å². The van der Waals surface area contributed by atoms with E-state index in [1.807, 2.05) is 35.2 Å². The predicted molar refractivity (Wildman–Crippen MR) is 123 cm³/mol. The molecule has 0 radical (unpaired) electrons. The van der Waals surface area contributed by atoms with Crippen LogP contribution in [0.4, 0.5) is 5.82 Å². The fourth-order valence-corrected chi connectivity index (χ4v) is 4.20. The Hall–Kier alpha value is -3.20. The monoisotopic (exact) mass is 441 g/mol. The number of likely N-dealkylation sites (N-methyl/N-ethyl adjacent to an activating group) is 1. The summed E-state index contributed by atoms with van der Waals surface area (Å²) in [7, 11) is 3.38. The molecule has 1 saturated heterocycles. The minimum atomic E-state index is -0.684. The first-order valence-corrected chi connectivity index (χ1v) is 10.9. The highest BCUT2D eigenvalue weighted by molar-refractivity contribution is 6.01. The van der Waals surface area contributed by atoms with Gasteiger partial charge >= 0.3 is 5.69 Å². The molecule has 0 bridgehead atoms. The van der Waals surface area contributed by atoms with Crippen molar-refractivity contribution >= 4 is 17.5 Å². The maximum absolute atomic E-state index is 13.3. The summed E-state index contributed by atoms with van der Waals surface area (Å²) >= 11 is 0. The topological polar surface area (TPSA) is 111 Å². The Kier molecular flexibility index (Phi) is 7.29. The summed E-state index contributed by atoms with van der Waals surface area (Å²) < 4.78 is 2.30. The Labute approximate surface area is 187 Å². The molecule has 2 N–H and O–H groups in total. The Balaban J connectivity index is 2.00. The highest BCUT2D eigenvalue weighted by Gasteiger charge is 2.32. The van der Waals surface area contributed by atoms with Crippen molar-refractivity contribution < 1.29 is 9.59 Å². The predicted octanol–water partition coefficient (Wildman–Crippen LogP) is 0.786. The molecule has 1 aliphatic heterocycles. The van der Waals surface area contributed by atoms with Crippen LogP contribution >= 0.6 is 0 Å². The average molecular weight is 442 g/mol. The first-order chi connectivity index (χ1) is 15.3. The lowest BCUT2D eigenvalue weighted by Crippen LogP contribution is -2.51. The second-order valence-electron chi connectivity index (χ2n) is 8.30. The third kappa shape index (κ3) is 4.67. The molecule has 1 aromatic heterocycles. The van der Waals surface area contributed by atoms with Crippen molar-refractivity contribution in [3.8, 4) is 0 Å². The number of nitrogen functional groups attached to an aromatic ring is 1. The molecule has 1 aromatic carbocycles. The van der Waals surface area contributed by atoms with Crippen LogP contribution in [0.3, 0.4) is 0 Å². The number of benzene rings is 1. The Morgan fingerprint density at radius 2 is 1.78 bits per heavy atom. The minimum absolute atomic E-state index is 0.0644. The second kappa shape index (κ2) is 9.95. The first-order valence-electron chi connectivity index (χ1n) is 10.9. The van der Waals surface area contributed by atoms with Gasteiger partial charge in [-0.1, -0.05) is 36.8 Å². The van der Waals surface area contributed by atoms with Gasteiger partial charge in [-0.2, -0.15) is 0 Å². The van der Waals surface area contributed by atoms with Crippen LogP contribution in [-0.4, -0.2) is 63.9 Å². The quantitative estimate of drug-likeness (QED) is 0.636. The van der Waals surface area contributed by atoms with Crippen LogP contribution in [0.25, 0.3) is 0 Å². The first kappa shape index (κ1) is 23.5. The molecular weight excluding hydrogens is 410 g/mol. The maximum atomic E-state index is 13.3. The van der Waals surface area contributed by atoms with E-state index in [1.165, 1.54) is 9.47 Å². The molecule has 32 heavy (non-hydrogen) atoms. The highest BCUT2D eigenvalue weighted by Crippen LogP contribution is 2.19. The third-order valence-corrected chi connectivity index (χ3v) is 5.93. The number of ketones is 1. The van der Waals surface area contributed by atoms with Crippen molar-refractivity contribution in [2.75, 3.05) is 32.9 Å². The van der Waals surface area contributed by atoms with Gasteiger partial charge in [0.15, 0.2) is 5.78 Å². The number of anilines is 1. The number of likely N-dealkylation sites (tertiary alicyclic amines) is 1. The van der Waals surface area contributed by atoms with Gasteiger partial charge in [0, 0.05) is 20.6 Å². The fourth-order valence-electron chi connectivity index (χ4n) is 4.20. The second-order valence-corrected chi connectivity index (χ2v) is 8.30. The number of carbonyl (C=O) groups is 2. The van der Waals surface area contributed by atoms with E-state index in [9.17, 15) is 19.2 Å². The lowest BCUT2D eigenvalue weighted by molar-refractivity contribution is -0.135. The van der Waals surface area contributed by atoms with Gasteiger partial charge in [-0.3, -0.25) is 28.4 Å². The summed E-state index contributed by atoms with van der Waals surface area (Å²) in [5, 5.41) is 0. The average Bonchev–Trinajstić information content (AvgIpc) is 2.77. The SMILES string of the molecule is CCn1c(=O)c(C(=O)CN2CCCCC2C(=O)N(C)C)c(N)n(Cc2ccccc2)c1=O. The summed E-state index contributed by atoms with van der Waals surface area (Å²) in [6.45, 7) is 2.44. The molecular formula is C23H31N5O4. The zero-order valence-corrected chi connectivity index (χ0v) is 18.9. The van der Waals surface area contributed by atoms with E-state index in [-0.39, 0.29) is 36.9 Å². The molecule has 1 fully saturated rings. The Morgan fingerprint density at radius 3 is 2.41 bits per heavy atom. The summed E-state index contributed by atoms with van der Waals surface area (Å²) in [6.07, 6.45) is 2.43. The molecule has 1 unspecified atom stereocenters. The summed E-state index contributed by atoms with van der Waals surface area (Å²) in [6, 6.07) is 8.84. The number of piperidine rings is 1. The Morgan fingerprint density at radius 1 is 1.09 bits per heavy atom. The lowest BCUT2D eigenvalue weighted by atomic mass is 10.00. The van der Waals surface area contributed by atoms with Crippen LogP contribution in [-0.2, 0) is 17.9 Å². The van der Waals surface area contributed by atoms with E-state index >= 15 is 0 Å². The van der Waals surface area contributed by atoms with Gasteiger partial charge in [-0.15, -0.1) is 0 Å². The fraction of sp³-hybridized carbons (Fsp3) is 0.478. The molecule has 0 saturated carbocycles. The van der Waals surface area contributed by atoms with Crippen LogP contribution < -0.4 is 17.0 Å². The molecule has 2 heterocycles. The van der Waals surface area contributed by atoms with E-state index in [0.717, 1.165) is 23.0 Å². The van der Waals surface area contributed by atoms with Gasteiger partial charge in [-0.25, -0.2) is 4.79 Å². The number of hydrogen-bond acceptors (Lipinski definition) is 6. The number of nitrogens with two attached hydrogens (primary N) is 1. The third-order valence-electron chi connectivity index (χ3n) is 5.93. The van der Waals surface area contributed by atoms with Gasteiger partial charge in [0.2, 0.25) is 5.91 Å².